The van der Waals surface area contributed by atoms with Crippen molar-refractivity contribution in [3.63, 3.8) is 0 Å². The molecular weight excluding hydrogens is 196 g/mol. The minimum Gasteiger partial charge on any atom is -0.427 e. The monoisotopic (exact) mass is 212 g/mol. The van der Waals surface area contributed by atoms with Crippen LogP contribution >= 0.6 is 0 Å². The molecular formula is C11H16O4. The van der Waals surface area contributed by atoms with Gasteiger partial charge in [-0.15, -0.1) is 0 Å². The first-order valence-corrected chi connectivity index (χ1v) is 5.23. The topological polar surface area (TPSA) is 55.8 Å². The van der Waals surface area contributed by atoms with Crippen molar-refractivity contribution in [2.24, 2.45) is 5.92 Å². The molecule has 0 amide bonds. The lowest BCUT2D eigenvalue weighted by Crippen LogP contribution is -2.42. The van der Waals surface area contributed by atoms with Crippen molar-refractivity contribution in [3.05, 3.63) is 12.2 Å². The predicted octanol–water partition coefficient (Wildman–Crippen LogP) is 1.63. The Bertz CT molecular complexity index is 299. The van der Waals surface area contributed by atoms with Crippen LogP contribution in [0.1, 0.15) is 26.2 Å². The van der Waals surface area contributed by atoms with Crippen LogP contribution in [0, 0.1) is 5.92 Å². The molecule has 4 nitrogen and oxygen atoms in total. The van der Waals surface area contributed by atoms with Gasteiger partial charge in [-0.3, -0.25) is 0 Å². The lowest BCUT2D eigenvalue weighted by atomic mass is 9.75. The van der Waals surface area contributed by atoms with Gasteiger partial charge in [-0.2, -0.15) is 0 Å². The first-order chi connectivity index (χ1) is 7.05. The molecule has 0 spiro atoms. The number of carbonyl (C=O) groups excluding carboxylic acids is 1. The van der Waals surface area contributed by atoms with E-state index < -0.39 is 11.8 Å². The number of aliphatic hydroxyl groups is 1. The number of hydrogen-bond acceptors (Lipinski definition) is 4. The molecule has 1 aliphatic heterocycles. The second-order valence-corrected chi connectivity index (χ2v) is 4.56. The Kier molecular flexibility index (Phi) is 2.46. The Morgan fingerprint density at radius 3 is 3.13 bits per heavy atom. The molecule has 0 aromatic heterocycles. The highest BCUT2D eigenvalue weighted by molar-refractivity contribution is 5.63. The summed E-state index contributed by atoms with van der Waals surface area (Å²) >= 11 is 0. The maximum atomic E-state index is 11.0. The van der Waals surface area contributed by atoms with Gasteiger partial charge in [0.15, 0.2) is 0 Å². The number of aliphatic hydroxyl groups excluding tert-OH is 1. The Balaban J connectivity index is 2.07. The van der Waals surface area contributed by atoms with E-state index in [1.54, 1.807) is 0 Å². The van der Waals surface area contributed by atoms with E-state index in [4.69, 9.17) is 14.6 Å². The average Bonchev–Trinajstić information content (AvgIpc) is 2.49. The first kappa shape index (κ1) is 10.5. The van der Waals surface area contributed by atoms with Crippen molar-refractivity contribution in [3.8, 4) is 0 Å². The van der Waals surface area contributed by atoms with Gasteiger partial charge in [-0.1, -0.05) is 6.58 Å². The summed E-state index contributed by atoms with van der Waals surface area (Å²) in [5.41, 5.74) is 0.351. The number of carbonyl (C=O) groups is 1. The van der Waals surface area contributed by atoms with Crippen molar-refractivity contribution < 1.29 is 19.4 Å². The summed E-state index contributed by atoms with van der Waals surface area (Å²) in [6, 6.07) is 0. The van der Waals surface area contributed by atoms with E-state index in [1.807, 2.05) is 6.92 Å². The average molecular weight is 212 g/mol. The van der Waals surface area contributed by atoms with Crippen molar-refractivity contribution in [1.29, 1.82) is 0 Å². The van der Waals surface area contributed by atoms with E-state index in [0.717, 1.165) is 18.4 Å². The van der Waals surface area contributed by atoms with E-state index >= 15 is 0 Å². The third kappa shape index (κ3) is 1.74. The lowest BCUT2D eigenvalue weighted by molar-refractivity contribution is 0.000664. The molecule has 2 rings (SSSR count). The predicted molar refractivity (Wildman–Crippen MR) is 53.3 cm³/mol. The van der Waals surface area contributed by atoms with Crippen LogP contribution in [0.5, 0.6) is 0 Å². The smallest absolute Gasteiger partial charge is 0.427 e. The van der Waals surface area contributed by atoms with E-state index in [1.165, 1.54) is 0 Å². The molecule has 84 valence electrons. The molecule has 1 N–H and O–H groups in total. The molecule has 15 heavy (non-hydrogen) atoms. The molecule has 0 aromatic carbocycles. The van der Waals surface area contributed by atoms with Gasteiger partial charge in [-0.25, -0.2) is 4.79 Å². The third-order valence-corrected chi connectivity index (χ3v) is 3.50. The van der Waals surface area contributed by atoms with Crippen molar-refractivity contribution in [2.45, 2.75) is 37.9 Å². The third-order valence-electron chi connectivity index (χ3n) is 3.50. The SMILES string of the molecule is C=C(CO)C1CCC2(C)OC(=O)OC2C1. The van der Waals surface area contributed by atoms with Gasteiger partial charge in [0.2, 0.25) is 0 Å². The molecule has 1 aliphatic carbocycles. The van der Waals surface area contributed by atoms with Crippen molar-refractivity contribution >= 4 is 6.16 Å². The van der Waals surface area contributed by atoms with E-state index in [-0.39, 0.29) is 18.6 Å². The molecule has 2 fully saturated rings. The van der Waals surface area contributed by atoms with Crippen molar-refractivity contribution in [1.82, 2.24) is 0 Å². The summed E-state index contributed by atoms with van der Waals surface area (Å²) in [6.45, 7) is 5.73. The second kappa shape index (κ2) is 3.52. The summed E-state index contributed by atoms with van der Waals surface area (Å²) in [5.74, 6) is 0.238. The van der Waals surface area contributed by atoms with E-state index in [9.17, 15) is 4.79 Å². The first-order valence-electron chi connectivity index (χ1n) is 5.23. The van der Waals surface area contributed by atoms with Gasteiger partial charge in [0.1, 0.15) is 11.7 Å². The van der Waals surface area contributed by atoms with Gasteiger partial charge in [0.05, 0.1) is 6.61 Å². The molecule has 1 saturated carbocycles. The Morgan fingerprint density at radius 1 is 1.73 bits per heavy atom. The Labute approximate surface area is 88.9 Å². The van der Waals surface area contributed by atoms with Crippen LogP contribution in [-0.2, 0) is 9.47 Å². The molecule has 0 bridgehead atoms. The second-order valence-electron chi connectivity index (χ2n) is 4.56. The summed E-state index contributed by atoms with van der Waals surface area (Å²) in [4.78, 5) is 11.0. The summed E-state index contributed by atoms with van der Waals surface area (Å²) in [6.07, 6.45) is 1.61. The minimum absolute atomic E-state index is 0.00288. The molecule has 3 unspecified atom stereocenters. The van der Waals surface area contributed by atoms with Gasteiger partial charge in [0.25, 0.3) is 0 Å². The van der Waals surface area contributed by atoms with Crippen LogP contribution in [0.4, 0.5) is 4.79 Å². The molecule has 2 aliphatic rings. The van der Waals surface area contributed by atoms with Crippen LogP contribution < -0.4 is 0 Å². The van der Waals surface area contributed by atoms with Crippen molar-refractivity contribution in [2.75, 3.05) is 6.61 Å². The number of hydrogen-bond donors (Lipinski definition) is 1. The maximum absolute atomic E-state index is 11.0. The normalized spacial score (nSPS) is 39.2. The minimum atomic E-state index is -0.572. The fourth-order valence-electron chi connectivity index (χ4n) is 2.37. The lowest BCUT2D eigenvalue weighted by Gasteiger charge is -2.36. The number of fused-ring (bicyclic) bond motifs is 1. The summed E-state index contributed by atoms with van der Waals surface area (Å²) in [5, 5.41) is 9.01. The van der Waals surface area contributed by atoms with Gasteiger partial charge in [-0.05, 0) is 37.7 Å². The van der Waals surface area contributed by atoms with Crippen LogP contribution in [0.15, 0.2) is 12.2 Å². The van der Waals surface area contributed by atoms with Crippen LogP contribution in [-0.4, -0.2) is 29.6 Å². The highest BCUT2D eigenvalue weighted by atomic mass is 16.8. The van der Waals surface area contributed by atoms with E-state index in [2.05, 4.69) is 6.58 Å². The van der Waals surface area contributed by atoms with Gasteiger partial charge < -0.3 is 14.6 Å². The summed E-state index contributed by atoms with van der Waals surface area (Å²) in [7, 11) is 0. The number of ether oxygens (including phenoxy) is 2. The van der Waals surface area contributed by atoms with Crippen LogP contribution in [0.3, 0.4) is 0 Å². The van der Waals surface area contributed by atoms with Crippen LogP contribution in [0.25, 0.3) is 0 Å². The molecule has 0 aromatic rings. The zero-order valence-electron chi connectivity index (χ0n) is 8.86. The highest BCUT2D eigenvalue weighted by Crippen LogP contribution is 2.42. The molecule has 4 heteroatoms. The quantitative estimate of drug-likeness (QED) is 0.558. The number of rotatable bonds is 2. The molecule has 1 saturated heterocycles. The largest absolute Gasteiger partial charge is 0.509 e. The van der Waals surface area contributed by atoms with Gasteiger partial charge >= 0.3 is 6.16 Å². The Morgan fingerprint density at radius 2 is 2.47 bits per heavy atom. The molecule has 3 atom stereocenters. The fraction of sp³-hybridized carbons (Fsp3) is 0.727. The zero-order chi connectivity index (χ0) is 11.1. The Hall–Kier alpha value is -1.03. The highest BCUT2D eigenvalue weighted by Gasteiger charge is 2.51. The van der Waals surface area contributed by atoms with E-state index in [0.29, 0.717) is 6.42 Å². The molecule has 0 radical (unpaired) electrons. The zero-order valence-corrected chi connectivity index (χ0v) is 8.86. The van der Waals surface area contributed by atoms with Crippen LogP contribution in [0.2, 0.25) is 0 Å². The fourth-order valence-corrected chi connectivity index (χ4v) is 2.37. The maximum Gasteiger partial charge on any atom is 0.509 e. The summed E-state index contributed by atoms with van der Waals surface area (Å²) < 4.78 is 10.3. The standard InChI is InChI=1S/C11H16O4/c1-7(6-12)8-3-4-11(2)9(5-8)14-10(13)15-11/h8-9,12H,1,3-6H2,2H3. The van der Waals surface area contributed by atoms with Gasteiger partial charge in [0, 0.05) is 0 Å². The molecule has 1 heterocycles.